The van der Waals surface area contributed by atoms with Crippen molar-refractivity contribution >= 4 is 52.2 Å². The summed E-state index contributed by atoms with van der Waals surface area (Å²) in [5.74, 6) is -1.48. The number of hydrogen-bond donors (Lipinski definition) is 6. The Hall–Kier alpha value is -3.71. The fraction of sp³-hybridized carbons (Fsp3) is 0.524. The van der Waals surface area contributed by atoms with Crippen LogP contribution in [0.1, 0.15) is 12.5 Å². The number of nitrogens with two attached hydrogens (primary N) is 2. The molecule has 3 aliphatic heterocycles. The molecular formula is C21H25FN11O11PS. The number of fused-ring (bicyclic) bond motifs is 5. The molecular weight excluding hydrogens is 664 g/mol. The van der Waals surface area contributed by atoms with E-state index in [1.54, 1.807) is 0 Å². The highest BCUT2D eigenvalue weighted by atomic mass is 32.2. The number of rotatable bonds is 3. The summed E-state index contributed by atoms with van der Waals surface area (Å²) in [5, 5.41) is 10.2. The van der Waals surface area contributed by atoms with Crippen LogP contribution in [0.3, 0.4) is 0 Å². The topological polar surface area (TPSA) is 309 Å². The van der Waals surface area contributed by atoms with Crippen molar-refractivity contribution < 1.29 is 50.1 Å². The molecule has 7 rings (SSSR count). The zero-order valence-corrected chi connectivity index (χ0v) is 24.8. The first-order valence-electron chi connectivity index (χ1n) is 13.4. The molecule has 0 saturated carbocycles. The molecule has 0 aliphatic carbocycles. The fourth-order valence-corrected chi connectivity index (χ4v) is 7.54. The number of aliphatic hydroxyl groups is 1. The van der Waals surface area contributed by atoms with Gasteiger partial charge in [-0.2, -0.15) is 18.1 Å². The van der Waals surface area contributed by atoms with Crippen molar-refractivity contribution in [2.45, 2.75) is 43.0 Å². The lowest BCUT2D eigenvalue weighted by Crippen LogP contribution is -2.43. The maximum atomic E-state index is 15.9. The van der Waals surface area contributed by atoms with Crippen LogP contribution in [0.2, 0.25) is 0 Å². The van der Waals surface area contributed by atoms with Crippen LogP contribution in [0.4, 0.5) is 16.2 Å². The first-order chi connectivity index (χ1) is 21.9. The first kappa shape index (κ1) is 30.9. The molecule has 25 heteroatoms. The van der Waals surface area contributed by atoms with E-state index < -0.39 is 92.4 Å². The smallest absolute Gasteiger partial charge is 0.396 e. The van der Waals surface area contributed by atoms with E-state index in [1.807, 2.05) is 0 Å². The van der Waals surface area contributed by atoms with Crippen LogP contribution in [0.25, 0.3) is 22.3 Å². The normalized spacial score (nSPS) is 35.0. The molecule has 0 radical (unpaired) electrons. The van der Waals surface area contributed by atoms with Crippen molar-refractivity contribution in [3.8, 4) is 0 Å². The predicted molar refractivity (Wildman–Crippen MR) is 148 cm³/mol. The molecule has 9 unspecified atom stereocenters. The van der Waals surface area contributed by atoms with E-state index in [9.17, 15) is 27.8 Å². The summed E-state index contributed by atoms with van der Waals surface area (Å²) in [5.41, 5.74) is 10.7. The molecule has 3 fully saturated rings. The van der Waals surface area contributed by atoms with Crippen molar-refractivity contribution in [3.05, 3.63) is 29.3 Å². The van der Waals surface area contributed by atoms with Crippen molar-refractivity contribution in [3.63, 3.8) is 0 Å². The van der Waals surface area contributed by atoms with Gasteiger partial charge in [-0.1, -0.05) is 0 Å². The molecule has 3 saturated heterocycles. The zero-order valence-electron chi connectivity index (χ0n) is 23.1. The van der Waals surface area contributed by atoms with Gasteiger partial charge in [0.2, 0.25) is 5.95 Å². The number of phosphoric ester groups is 1. The number of aromatic nitrogens is 8. The second-order valence-corrected chi connectivity index (χ2v) is 13.3. The highest BCUT2D eigenvalue weighted by molar-refractivity contribution is 7.84. The second kappa shape index (κ2) is 11.2. The largest absolute Gasteiger partial charge is 0.472 e. The van der Waals surface area contributed by atoms with Gasteiger partial charge in [-0.25, -0.2) is 33.1 Å². The summed E-state index contributed by atoms with van der Waals surface area (Å²) in [6.07, 6.45) is -8.00. The van der Waals surface area contributed by atoms with Crippen molar-refractivity contribution in [1.82, 2.24) is 43.8 Å². The number of H-pyrrole nitrogens is 1. The number of nitrogens with one attached hydrogen (secondary N) is 2. The van der Waals surface area contributed by atoms with E-state index in [1.165, 1.54) is 0 Å². The number of aromatic amines is 1. The summed E-state index contributed by atoms with van der Waals surface area (Å²) >= 11 is 0. The van der Waals surface area contributed by atoms with E-state index in [-0.39, 0.29) is 34.1 Å². The molecule has 0 aromatic carbocycles. The minimum atomic E-state index is -5.12. The summed E-state index contributed by atoms with van der Waals surface area (Å²) in [6, 6.07) is 0. The van der Waals surface area contributed by atoms with Crippen molar-refractivity contribution in [1.29, 1.82) is 0 Å². The van der Waals surface area contributed by atoms with Gasteiger partial charge >= 0.3 is 18.1 Å². The Kier molecular flexibility index (Phi) is 7.54. The Morgan fingerprint density at radius 3 is 2.52 bits per heavy atom. The van der Waals surface area contributed by atoms with E-state index in [0.29, 0.717) is 0 Å². The maximum Gasteiger partial charge on any atom is 0.472 e. The number of ether oxygens (including phenoxy) is 2. The van der Waals surface area contributed by atoms with Gasteiger partial charge < -0.3 is 30.9 Å². The standard InChI is InChI=1S/C21H25FN11O11PS/c22-10-14-8(41-19(10)32-5-27-11-15(23)25-4-26-16(11)32)1-29-46(38,39)44-13-7(2-34)9(3-40-45(36,37)43-14)42-20(13)33-6-28-12-17(33)30-21(24)31-18(12)35/h4-10,13-14,19-20,29,34H,1-3H2,(H,36,37)(H2,23,25,26)(H3,24,30,31,35). The Bertz CT molecular complexity index is 2030. The molecule has 9 atom stereocenters. The van der Waals surface area contributed by atoms with Gasteiger partial charge in [0.05, 0.1) is 32.0 Å². The Labute approximate surface area is 255 Å². The van der Waals surface area contributed by atoms with Crippen LogP contribution in [0.5, 0.6) is 0 Å². The van der Waals surface area contributed by atoms with E-state index in [4.69, 9.17) is 34.2 Å². The van der Waals surface area contributed by atoms with Crippen LogP contribution in [0, 0.1) is 5.92 Å². The highest BCUT2D eigenvalue weighted by Crippen LogP contribution is 2.50. The molecule has 46 heavy (non-hydrogen) atoms. The molecule has 0 spiro atoms. The number of aliphatic hydroxyl groups excluding tert-OH is 1. The lowest BCUT2D eigenvalue weighted by Gasteiger charge is -2.24. The molecule has 8 N–H and O–H groups in total. The average Bonchev–Trinajstić information content (AvgIpc) is 3.75. The first-order valence-corrected chi connectivity index (χ1v) is 16.3. The molecule has 2 bridgehead atoms. The number of imidazole rings is 2. The summed E-state index contributed by atoms with van der Waals surface area (Å²) in [6.45, 7) is -2.23. The van der Waals surface area contributed by atoms with Gasteiger partial charge in [-0.3, -0.25) is 28.0 Å². The molecule has 248 valence electrons. The SMILES string of the molecule is Nc1nc2c(ncn2C2OC3COP(=O)(O)OC4C(CNS(=O)(=O)OC2C3CO)OC(n2cnc3c(N)ncnc32)C4F)c(=O)[nH]1. The Balaban J connectivity index is 1.22. The van der Waals surface area contributed by atoms with Gasteiger partial charge in [-0.05, 0) is 0 Å². The zero-order chi connectivity index (χ0) is 32.5. The van der Waals surface area contributed by atoms with E-state index in [0.717, 1.165) is 28.1 Å². The van der Waals surface area contributed by atoms with Crippen LogP contribution in [-0.2, 0) is 37.6 Å². The number of phosphoric acid groups is 1. The number of anilines is 2. The van der Waals surface area contributed by atoms with Gasteiger partial charge in [-0.15, -0.1) is 0 Å². The number of nitrogen functional groups attached to an aromatic ring is 2. The summed E-state index contributed by atoms with van der Waals surface area (Å²) < 4.78 is 87.5. The molecule has 4 aromatic rings. The van der Waals surface area contributed by atoms with Crippen LogP contribution < -0.4 is 21.7 Å². The molecule has 4 aromatic heterocycles. The molecule has 3 aliphatic rings. The summed E-state index contributed by atoms with van der Waals surface area (Å²) in [7, 11) is -9.88. The molecule has 7 heterocycles. The predicted octanol–water partition coefficient (Wildman–Crippen LogP) is -2.40. The Morgan fingerprint density at radius 1 is 1.04 bits per heavy atom. The van der Waals surface area contributed by atoms with E-state index >= 15 is 4.39 Å². The minimum Gasteiger partial charge on any atom is -0.396 e. The van der Waals surface area contributed by atoms with Gasteiger partial charge in [0.25, 0.3) is 5.56 Å². The fourth-order valence-electron chi connectivity index (χ4n) is 5.62. The van der Waals surface area contributed by atoms with Crippen molar-refractivity contribution in [2.75, 3.05) is 31.2 Å². The second-order valence-electron chi connectivity index (χ2n) is 10.5. The number of hydrogen-bond acceptors (Lipinski definition) is 17. The van der Waals surface area contributed by atoms with Gasteiger partial charge in [0.15, 0.2) is 41.3 Å². The summed E-state index contributed by atoms with van der Waals surface area (Å²) in [4.78, 5) is 45.2. The van der Waals surface area contributed by atoms with Gasteiger partial charge in [0.1, 0.15) is 30.2 Å². The van der Waals surface area contributed by atoms with Crippen LogP contribution in [-0.4, -0.2) is 108 Å². The van der Waals surface area contributed by atoms with E-state index in [2.05, 4.69) is 34.6 Å². The van der Waals surface area contributed by atoms with Gasteiger partial charge in [0, 0.05) is 12.5 Å². The maximum absolute atomic E-state index is 15.9. The third-order valence-electron chi connectivity index (χ3n) is 7.71. The quantitative estimate of drug-likeness (QED) is 0.122. The molecule has 22 nitrogen and oxygen atoms in total. The van der Waals surface area contributed by atoms with Crippen LogP contribution in [0.15, 0.2) is 23.8 Å². The minimum absolute atomic E-state index is 0.000192. The highest BCUT2D eigenvalue weighted by Gasteiger charge is 2.53. The van der Waals surface area contributed by atoms with Crippen molar-refractivity contribution in [2.24, 2.45) is 5.92 Å². The number of nitrogens with zero attached hydrogens (tertiary/aromatic N) is 7. The number of alkyl halides is 1. The lowest BCUT2D eigenvalue weighted by atomic mass is 9.99. The monoisotopic (exact) mass is 689 g/mol. The third-order valence-corrected chi connectivity index (χ3v) is 9.70. The van der Waals surface area contributed by atoms with Crippen LogP contribution >= 0.6 is 7.82 Å². The molecule has 0 amide bonds. The lowest BCUT2D eigenvalue weighted by molar-refractivity contribution is -0.0509. The third kappa shape index (κ3) is 5.30. The Morgan fingerprint density at radius 2 is 1.76 bits per heavy atom. The number of halogens is 1. The average molecular weight is 690 g/mol.